The number of carboxylic acid groups (broad SMARTS) is 2. The number of aliphatic carboxylic acids is 2. The zero-order valence-corrected chi connectivity index (χ0v) is 9.68. The van der Waals surface area contributed by atoms with Crippen LogP contribution in [0.4, 0.5) is 0 Å². The van der Waals surface area contributed by atoms with Crippen LogP contribution in [0, 0.1) is 0 Å². The van der Waals surface area contributed by atoms with Gasteiger partial charge in [0.05, 0.1) is 6.61 Å². The molecular formula is C10H18N2O5. The maximum absolute atomic E-state index is 11.0. The van der Waals surface area contributed by atoms with E-state index in [1.165, 1.54) is 7.11 Å². The van der Waals surface area contributed by atoms with Crippen LogP contribution in [0.3, 0.4) is 0 Å². The van der Waals surface area contributed by atoms with Gasteiger partial charge in [0, 0.05) is 7.11 Å². The van der Waals surface area contributed by atoms with E-state index in [2.05, 4.69) is 6.58 Å². The predicted molar refractivity (Wildman–Crippen MR) is 60.4 cm³/mol. The Morgan fingerprint density at radius 3 is 2.35 bits per heavy atom. The van der Waals surface area contributed by atoms with Gasteiger partial charge in [-0.15, -0.1) is 0 Å². The smallest absolute Gasteiger partial charge is 0.326 e. The average Bonchev–Trinajstić information content (AvgIpc) is 2.16. The number of hydrogen-bond donors (Lipinski definition) is 4. The van der Waals surface area contributed by atoms with Crippen LogP contribution < -0.4 is 11.5 Å². The molecule has 0 unspecified atom stereocenters. The molecule has 0 saturated carbocycles. The lowest BCUT2D eigenvalue weighted by atomic mass is 9.90. The first-order valence-corrected chi connectivity index (χ1v) is 4.89. The van der Waals surface area contributed by atoms with Crippen LogP contribution in [0.2, 0.25) is 0 Å². The van der Waals surface area contributed by atoms with Crippen LogP contribution in [0.1, 0.15) is 12.8 Å². The summed E-state index contributed by atoms with van der Waals surface area (Å²) in [5, 5.41) is 17.6. The second-order valence-corrected chi connectivity index (χ2v) is 3.97. The summed E-state index contributed by atoms with van der Waals surface area (Å²) in [4.78, 5) is 21.5. The fraction of sp³-hybridized carbons (Fsp3) is 0.600. The Balaban J connectivity index is 4.52. The highest BCUT2D eigenvalue weighted by Crippen LogP contribution is 2.17. The van der Waals surface area contributed by atoms with E-state index < -0.39 is 23.5 Å². The molecule has 0 radical (unpaired) electrons. The number of carboxylic acids is 2. The molecule has 0 rings (SSSR count). The number of hydrogen-bond acceptors (Lipinski definition) is 5. The normalized spacial score (nSPS) is 15.9. The summed E-state index contributed by atoms with van der Waals surface area (Å²) >= 11 is 0. The van der Waals surface area contributed by atoms with Crippen molar-refractivity contribution in [2.75, 3.05) is 13.7 Å². The third kappa shape index (κ3) is 4.94. The van der Waals surface area contributed by atoms with Gasteiger partial charge < -0.3 is 26.4 Å². The van der Waals surface area contributed by atoms with Gasteiger partial charge in [0.15, 0.2) is 0 Å². The van der Waals surface area contributed by atoms with E-state index in [4.69, 9.17) is 26.4 Å². The van der Waals surface area contributed by atoms with Crippen molar-refractivity contribution in [2.45, 2.75) is 24.4 Å². The summed E-state index contributed by atoms with van der Waals surface area (Å²) in [5.74, 6) is -2.40. The molecule has 0 spiro atoms. The zero-order valence-electron chi connectivity index (χ0n) is 9.68. The SMILES string of the molecule is C=C(C[C@H](N)C(=O)O)C[C@@](N)(COC)C(=O)O. The van der Waals surface area contributed by atoms with Crippen molar-refractivity contribution in [3.05, 3.63) is 12.2 Å². The highest BCUT2D eigenvalue weighted by atomic mass is 16.5. The summed E-state index contributed by atoms with van der Waals surface area (Å²) in [6.45, 7) is 3.39. The maximum atomic E-state index is 11.0. The molecule has 0 aliphatic heterocycles. The Morgan fingerprint density at radius 2 is 2.00 bits per heavy atom. The summed E-state index contributed by atoms with van der Waals surface area (Å²) in [7, 11) is 1.33. The minimum absolute atomic E-state index is 0.0225. The lowest BCUT2D eigenvalue weighted by molar-refractivity contribution is -0.145. The maximum Gasteiger partial charge on any atom is 0.326 e. The third-order valence-corrected chi connectivity index (χ3v) is 2.22. The summed E-state index contributed by atoms with van der Waals surface area (Å²) in [6.07, 6.45) is -0.109. The molecule has 0 aliphatic rings. The largest absolute Gasteiger partial charge is 0.480 e. The first-order chi connectivity index (χ1) is 7.73. The first-order valence-electron chi connectivity index (χ1n) is 4.89. The minimum Gasteiger partial charge on any atom is -0.480 e. The van der Waals surface area contributed by atoms with Gasteiger partial charge >= 0.3 is 11.9 Å². The molecule has 17 heavy (non-hydrogen) atoms. The predicted octanol–water partition coefficient (Wildman–Crippen LogP) is -0.837. The molecule has 7 nitrogen and oxygen atoms in total. The van der Waals surface area contributed by atoms with Crippen molar-refractivity contribution in [2.24, 2.45) is 11.5 Å². The van der Waals surface area contributed by atoms with Crippen molar-refractivity contribution in [1.82, 2.24) is 0 Å². The van der Waals surface area contributed by atoms with Crippen molar-refractivity contribution in [3.63, 3.8) is 0 Å². The van der Waals surface area contributed by atoms with Crippen LogP contribution >= 0.6 is 0 Å². The zero-order chi connectivity index (χ0) is 13.6. The molecule has 0 fully saturated rings. The number of methoxy groups -OCH3 is 1. The van der Waals surface area contributed by atoms with Gasteiger partial charge in [-0.1, -0.05) is 12.2 Å². The van der Waals surface area contributed by atoms with E-state index in [1.807, 2.05) is 0 Å². The standard InChI is InChI=1S/C10H18N2O5/c1-6(3-7(11)8(13)14)4-10(12,5-17-2)9(15)16/h7H,1,3-5,11-12H2,2H3,(H,13,14)(H,15,16)/t7-,10+/m0/s1. The van der Waals surface area contributed by atoms with Crippen LogP contribution in [0.25, 0.3) is 0 Å². The average molecular weight is 246 g/mol. The Hall–Kier alpha value is -1.44. The highest BCUT2D eigenvalue weighted by Gasteiger charge is 2.35. The number of nitrogens with two attached hydrogens (primary N) is 2. The van der Waals surface area contributed by atoms with E-state index in [0.29, 0.717) is 5.57 Å². The fourth-order valence-corrected chi connectivity index (χ4v) is 1.36. The molecule has 2 atom stereocenters. The van der Waals surface area contributed by atoms with Crippen molar-refractivity contribution < 1.29 is 24.5 Å². The van der Waals surface area contributed by atoms with Gasteiger partial charge in [0.2, 0.25) is 0 Å². The molecule has 6 N–H and O–H groups in total. The van der Waals surface area contributed by atoms with E-state index in [0.717, 1.165) is 0 Å². The van der Waals surface area contributed by atoms with Gasteiger partial charge in [-0.05, 0) is 12.8 Å². The Kier molecular flexibility index (Phi) is 5.80. The van der Waals surface area contributed by atoms with Gasteiger partial charge in [-0.25, -0.2) is 0 Å². The molecule has 0 heterocycles. The van der Waals surface area contributed by atoms with Crippen LogP contribution in [0.5, 0.6) is 0 Å². The highest BCUT2D eigenvalue weighted by molar-refractivity contribution is 5.79. The molecule has 0 amide bonds. The van der Waals surface area contributed by atoms with E-state index in [-0.39, 0.29) is 19.4 Å². The van der Waals surface area contributed by atoms with Crippen molar-refractivity contribution >= 4 is 11.9 Å². The van der Waals surface area contributed by atoms with Crippen LogP contribution in [0.15, 0.2) is 12.2 Å². The van der Waals surface area contributed by atoms with Crippen molar-refractivity contribution in [1.29, 1.82) is 0 Å². The van der Waals surface area contributed by atoms with Gasteiger partial charge in [0.25, 0.3) is 0 Å². The monoisotopic (exact) mass is 246 g/mol. The number of rotatable bonds is 8. The molecule has 0 aliphatic carbocycles. The second-order valence-electron chi connectivity index (χ2n) is 3.97. The van der Waals surface area contributed by atoms with E-state index in [9.17, 15) is 9.59 Å². The van der Waals surface area contributed by atoms with Gasteiger partial charge in [-0.2, -0.15) is 0 Å². The molecule has 0 aromatic rings. The third-order valence-electron chi connectivity index (χ3n) is 2.22. The summed E-state index contributed by atoms with van der Waals surface area (Å²) in [6, 6.07) is -1.11. The van der Waals surface area contributed by atoms with Gasteiger partial charge in [0.1, 0.15) is 11.6 Å². The molecule has 0 saturated heterocycles. The second kappa shape index (κ2) is 6.33. The number of ether oxygens (including phenoxy) is 1. The molecule has 0 aromatic carbocycles. The van der Waals surface area contributed by atoms with E-state index in [1.54, 1.807) is 0 Å². The van der Waals surface area contributed by atoms with Crippen molar-refractivity contribution in [3.8, 4) is 0 Å². The van der Waals surface area contributed by atoms with Gasteiger partial charge in [-0.3, -0.25) is 9.59 Å². The summed E-state index contributed by atoms with van der Waals surface area (Å²) in [5.41, 5.74) is 9.69. The fourth-order valence-electron chi connectivity index (χ4n) is 1.36. The minimum atomic E-state index is -1.61. The lowest BCUT2D eigenvalue weighted by Crippen LogP contribution is -2.52. The van der Waals surface area contributed by atoms with E-state index >= 15 is 0 Å². The summed E-state index contributed by atoms with van der Waals surface area (Å²) < 4.78 is 4.73. The van der Waals surface area contributed by atoms with Crippen LogP contribution in [-0.4, -0.2) is 47.4 Å². The molecule has 0 bridgehead atoms. The molecule has 7 heteroatoms. The first kappa shape index (κ1) is 15.6. The van der Waals surface area contributed by atoms with Crippen LogP contribution in [-0.2, 0) is 14.3 Å². The quantitative estimate of drug-likeness (QED) is 0.410. The lowest BCUT2D eigenvalue weighted by Gasteiger charge is -2.25. The molecular weight excluding hydrogens is 228 g/mol. The Bertz CT molecular complexity index is 318. The number of carbonyl (C=O) groups is 2. The topological polar surface area (TPSA) is 136 Å². The Morgan fingerprint density at radius 1 is 1.47 bits per heavy atom. The Labute approximate surface area is 99.0 Å². The molecule has 98 valence electrons. The molecule has 0 aromatic heterocycles.